The van der Waals surface area contributed by atoms with E-state index in [9.17, 15) is 29.1 Å². The summed E-state index contributed by atoms with van der Waals surface area (Å²) in [7, 11) is 4.44. The fourth-order valence-electron chi connectivity index (χ4n) is 5.85. The molecule has 280 valence electrons. The molecule has 4 amide bonds. The molecule has 1 heterocycles. The van der Waals surface area contributed by atoms with Crippen LogP contribution in [0.15, 0.2) is 30.5 Å². The highest BCUT2D eigenvalue weighted by atomic mass is 16.6. The number of carboxylic acid groups (broad SMARTS) is 1. The lowest BCUT2D eigenvalue weighted by Crippen LogP contribution is -2.59. The molecule has 0 aliphatic heterocycles. The van der Waals surface area contributed by atoms with Crippen molar-refractivity contribution in [2.24, 2.45) is 11.8 Å². The summed E-state index contributed by atoms with van der Waals surface area (Å²) in [5.41, 5.74) is 0.698. The summed E-state index contributed by atoms with van der Waals surface area (Å²) in [6, 6.07) is 3.21. The number of carboxylic acids is 1. The van der Waals surface area contributed by atoms with Gasteiger partial charge in [-0.2, -0.15) is 4.73 Å². The number of likely N-dealkylation sites (N-methyl/N-ethyl adjacent to an activating group) is 2. The van der Waals surface area contributed by atoms with Crippen molar-refractivity contribution in [2.45, 2.75) is 124 Å². The molecule has 50 heavy (non-hydrogen) atoms. The van der Waals surface area contributed by atoms with Crippen LogP contribution in [0.1, 0.15) is 93.1 Å². The van der Waals surface area contributed by atoms with Gasteiger partial charge >= 0.3 is 12.1 Å². The first-order chi connectivity index (χ1) is 23.3. The van der Waals surface area contributed by atoms with Crippen molar-refractivity contribution in [1.29, 1.82) is 0 Å². The molecule has 0 saturated carbocycles. The molecule has 13 nitrogen and oxygen atoms in total. The zero-order valence-corrected chi connectivity index (χ0v) is 31.7. The number of aliphatic carboxylic acids is 1. The van der Waals surface area contributed by atoms with Crippen LogP contribution in [0.2, 0.25) is 0 Å². The van der Waals surface area contributed by atoms with Crippen LogP contribution in [0.3, 0.4) is 0 Å². The number of amides is 4. The second-order valence-electron chi connectivity index (χ2n) is 14.7. The number of unbranched alkanes of at least 4 members (excludes halogenated alkanes) is 1. The van der Waals surface area contributed by atoms with E-state index >= 15 is 0 Å². The summed E-state index contributed by atoms with van der Waals surface area (Å²) in [6.45, 7) is 14.5. The Bertz CT molecular complexity index is 1470. The summed E-state index contributed by atoms with van der Waals surface area (Å²) < 4.78 is 7.03. The van der Waals surface area contributed by atoms with E-state index in [1.54, 1.807) is 31.7 Å². The van der Waals surface area contributed by atoms with Crippen LogP contribution in [0.4, 0.5) is 4.79 Å². The van der Waals surface area contributed by atoms with Gasteiger partial charge in [0.1, 0.15) is 36.9 Å². The number of fused-ring (bicyclic) bond motifs is 1. The second-order valence-corrected chi connectivity index (χ2v) is 14.7. The van der Waals surface area contributed by atoms with Gasteiger partial charge in [0.25, 0.3) is 0 Å². The Morgan fingerprint density at radius 3 is 2.08 bits per heavy atom. The van der Waals surface area contributed by atoms with Gasteiger partial charge in [-0.15, -0.1) is 0 Å². The number of ether oxygens (including phenoxy) is 1. The highest BCUT2D eigenvalue weighted by Gasteiger charge is 2.37. The molecule has 3 N–H and O–H groups in total. The average Bonchev–Trinajstić information content (AvgIpc) is 3.40. The van der Waals surface area contributed by atoms with Gasteiger partial charge in [-0.05, 0) is 64.0 Å². The second kappa shape index (κ2) is 18.6. The van der Waals surface area contributed by atoms with Gasteiger partial charge in [0.15, 0.2) is 0 Å². The molecule has 1 aromatic heterocycles. The van der Waals surface area contributed by atoms with Crippen LogP contribution >= 0.6 is 0 Å². The molecule has 2 aromatic rings. The molecule has 0 aliphatic carbocycles. The van der Waals surface area contributed by atoms with Gasteiger partial charge in [0.05, 0.1) is 5.52 Å². The molecule has 0 bridgehead atoms. The van der Waals surface area contributed by atoms with Crippen LogP contribution in [0.25, 0.3) is 10.9 Å². The molecule has 1 aromatic carbocycles. The van der Waals surface area contributed by atoms with Crippen molar-refractivity contribution in [3.05, 3.63) is 36.0 Å². The number of benzene rings is 1. The third-order valence-corrected chi connectivity index (χ3v) is 8.77. The third-order valence-electron chi connectivity index (χ3n) is 8.77. The van der Waals surface area contributed by atoms with Crippen molar-refractivity contribution < 1.29 is 38.7 Å². The predicted molar refractivity (Wildman–Crippen MR) is 192 cm³/mol. The first-order valence-electron chi connectivity index (χ1n) is 17.5. The number of nitrogens with one attached hydrogen (secondary N) is 2. The standard InChI is InChI=1S/C37H59N5O8/c1-12-13-16-24(4)20-29(33(44)40(9)25(5)35(46)47)38-32(43)31(21-26-22-42(49-11)30-18-15-14-17-27(26)30)41(10)34(45)28(19-23(2)3)39-36(48)50-37(6,7)8/h14-15,17-18,22-25,28-29,31H,12-13,16,19-21H2,1-11H3,(H,38,43)(H,39,48)(H,46,47)/t24-,25+,28+,29+,31+/m1/s1. The van der Waals surface area contributed by atoms with Gasteiger partial charge in [0.2, 0.25) is 17.7 Å². The first-order valence-corrected chi connectivity index (χ1v) is 17.5. The minimum Gasteiger partial charge on any atom is -0.480 e. The minimum absolute atomic E-state index is 0.0117. The summed E-state index contributed by atoms with van der Waals surface area (Å²) >= 11 is 0. The Morgan fingerprint density at radius 2 is 1.52 bits per heavy atom. The van der Waals surface area contributed by atoms with Crippen LogP contribution in [0.5, 0.6) is 0 Å². The van der Waals surface area contributed by atoms with E-state index in [4.69, 9.17) is 9.57 Å². The molecular weight excluding hydrogens is 642 g/mol. The van der Waals surface area contributed by atoms with E-state index in [0.29, 0.717) is 0 Å². The molecule has 0 aliphatic rings. The molecule has 13 heteroatoms. The quantitative estimate of drug-likeness (QED) is 0.203. The van der Waals surface area contributed by atoms with Crippen molar-refractivity contribution in [1.82, 2.24) is 25.2 Å². The van der Waals surface area contributed by atoms with Gasteiger partial charge in [-0.25, -0.2) is 9.59 Å². The van der Waals surface area contributed by atoms with Gasteiger partial charge in [-0.1, -0.05) is 65.2 Å². The number of para-hydroxylation sites is 1. The van der Waals surface area contributed by atoms with E-state index in [0.717, 1.165) is 40.6 Å². The lowest BCUT2D eigenvalue weighted by Gasteiger charge is -2.34. The topological polar surface area (TPSA) is 160 Å². The monoisotopic (exact) mass is 701 g/mol. The number of nitrogens with zero attached hydrogens (tertiary/aromatic N) is 3. The Kier molecular flexibility index (Phi) is 15.6. The van der Waals surface area contributed by atoms with Crippen molar-refractivity contribution in [2.75, 3.05) is 21.2 Å². The Balaban J connectivity index is 2.60. The van der Waals surface area contributed by atoms with Crippen molar-refractivity contribution >= 4 is 40.7 Å². The maximum absolute atomic E-state index is 14.5. The van der Waals surface area contributed by atoms with Gasteiger partial charge in [-0.3, -0.25) is 14.4 Å². The Hall–Kier alpha value is -4.29. The fraction of sp³-hybridized carbons (Fsp3) is 0.649. The van der Waals surface area contributed by atoms with E-state index in [1.807, 2.05) is 45.0 Å². The maximum Gasteiger partial charge on any atom is 0.408 e. The Labute approximate surface area is 297 Å². The van der Waals surface area contributed by atoms with Crippen LogP contribution in [-0.2, 0) is 30.3 Å². The minimum atomic E-state index is -1.17. The number of hydrogen-bond acceptors (Lipinski definition) is 7. The van der Waals surface area contributed by atoms with Gasteiger partial charge < -0.3 is 35.1 Å². The normalized spacial score (nSPS) is 14.6. The first kappa shape index (κ1) is 41.9. The largest absolute Gasteiger partial charge is 0.480 e. The molecule has 0 spiro atoms. The molecule has 0 saturated heterocycles. The molecular formula is C37H59N5O8. The molecule has 0 radical (unpaired) electrons. The molecule has 0 fully saturated rings. The average molecular weight is 702 g/mol. The summed E-state index contributed by atoms with van der Waals surface area (Å²) in [4.78, 5) is 75.1. The smallest absolute Gasteiger partial charge is 0.408 e. The lowest BCUT2D eigenvalue weighted by atomic mass is 9.94. The zero-order valence-electron chi connectivity index (χ0n) is 31.7. The van der Waals surface area contributed by atoms with E-state index in [2.05, 4.69) is 17.6 Å². The number of alkyl carbamates (subject to hydrolysis) is 1. The number of aromatic nitrogens is 1. The SMILES string of the molecule is CCCC[C@@H](C)C[C@H](NC(=O)[C@H](Cc1cn(OC)c2ccccc12)N(C)C(=O)[C@H](CC(C)C)NC(=O)OC(C)(C)C)C(=O)N(C)[C@@H](C)C(=O)O. The number of rotatable bonds is 18. The van der Waals surface area contributed by atoms with Crippen molar-refractivity contribution in [3.63, 3.8) is 0 Å². The molecule has 0 unspecified atom stereocenters. The summed E-state index contributed by atoms with van der Waals surface area (Å²) in [5.74, 6) is -2.74. The van der Waals surface area contributed by atoms with Crippen LogP contribution in [-0.4, -0.2) is 100 Å². The highest BCUT2D eigenvalue weighted by molar-refractivity contribution is 5.95. The zero-order chi connectivity index (χ0) is 37.9. The van der Waals surface area contributed by atoms with Crippen LogP contribution in [0, 0.1) is 11.8 Å². The maximum atomic E-state index is 14.5. The number of hydrogen-bond donors (Lipinski definition) is 3. The number of carbonyl (C=O) groups excluding carboxylic acids is 4. The third kappa shape index (κ3) is 11.9. The highest BCUT2D eigenvalue weighted by Crippen LogP contribution is 2.24. The predicted octanol–water partition coefficient (Wildman–Crippen LogP) is 4.64. The van der Waals surface area contributed by atoms with Crippen molar-refractivity contribution in [3.8, 4) is 0 Å². The van der Waals surface area contributed by atoms with Crippen LogP contribution < -0.4 is 15.5 Å². The number of carbonyl (C=O) groups is 5. The molecule has 2 rings (SSSR count). The van der Waals surface area contributed by atoms with E-state index in [1.165, 1.54) is 33.0 Å². The van der Waals surface area contributed by atoms with Gasteiger partial charge in [0, 0.05) is 32.1 Å². The lowest BCUT2D eigenvalue weighted by molar-refractivity contribution is -0.150. The summed E-state index contributed by atoms with van der Waals surface area (Å²) in [6.07, 6.45) is 4.34. The molecule has 5 atom stereocenters. The van der Waals surface area contributed by atoms with E-state index in [-0.39, 0.29) is 31.1 Å². The fourth-order valence-corrected chi connectivity index (χ4v) is 5.85. The summed E-state index contributed by atoms with van der Waals surface area (Å²) in [5, 5.41) is 16.0. The Morgan fingerprint density at radius 1 is 0.920 bits per heavy atom. The van der Waals surface area contributed by atoms with E-state index < -0.39 is 59.6 Å².